The molecule has 0 saturated heterocycles. The van der Waals surface area contributed by atoms with Gasteiger partial charge in [-0.3, -0.25) is 14.9 Å². The monoisotopic (exact) mass is 202 g/mol. The number of carbonyl (C=O) groups excluding carboxylic acids is 1. The van der Waals surface area contributed by atoms with Crippen molar-refractivity contribution in [1.29, 1.82) is 0 Å². The molecule has 0 aromatic heterocycles. The zero-order chi connectivity index (χ0) is 10.8. The van der Waals surface area contributed by atoms with Crippen LogP contribution >= 0.6 is 0 Å². The molecule has 0 unspecified atom stereocenters. The second-order valence-electron chi connectivity index (χ2n) is 2.94. The van der Waals surface area contributed by atoms with E-state index in [0.717, 1.165) is 6.20 Å². The number of aliphatic imine (C=N–C) groups is 1. The molecule has 1 heterocycles. The molecule has 15 heavy (non-hydrogen) atoms. The lowest BCUT2D eigenvalue weighted by atomic mass is 10.0. The highest BCUT2D eigenvalue weighted by Crippen LogP contribution is 2.15. The van der Waals surface area contributed by atoms with Crippen LogP contribution in [0.15, 0.2) is 47.2 Å². The summed E-state index contributed by atoms with van der Waals surface area (Å²) in [6, 6.07) is 8.36. The topological polar surface area (TPSA) is 72.6 Å². The largest absolute Gasteiger partial charge is 0.316 e. The SMILES string of the molecule is O=C(C1=NC=C1[N+](=O)[O-])c1ccccc1. The van der Waals surface area contributed by atoms with Crippen LogP contribution in [-0.4, -0.2) is 16.4 Å². The molecule has 1 aliphatic rings. The summed E-state index contributed by atoms with van der Waals surface area (Å²) in [6.07, 6.45) is 1.08. The van der Waals surface area contributed by atoms with Gasteiger partial charge in [0.15, 0.2) is 5.71 Å². The van der Waals surface area contributed by atoms with Gasteiger partial charge in [0.1, 0.15) is 6.20 Å². The number of nitrogens with zero attached hydrogens (tertiary/aromatic N) is 2. The molecule has 5 nitrogen and oxygen atoms in total. The van der Waals surface area contributed by atoms with Gasteiger partial charge in [0.25, 0.3) is 0 Å². The molecule has 74 valence electrons. The van der Waals surface area contributed by atoms with Gasteiger partial charge in [-0.1, -0.05) is 30.3 Å². The number of rotatable bonds is 3. The summed E-state index contributed by atoms with van der Waals surface area (Å²) in [7, 11) is 0. The van der Waals surface area contributed by atoms with Gasteiger partial charge in [0.05, 0.1) is 4.92 Å². The number of carbonyl (C=O) groups is 1. The molecule has 1 aromatic carbocycles. The molecule has 0 spiro atoms. The van der Waals surface area contributed by atoms with E-state index in [4.69, 9.17) is 0 Å². The Hall–Kier alpha value is -2.30. The van der Waals surface area contributed by atoms with Crippen molar-refractivity contribution in [3.63, 3.8) is 0 Å². The Kier molecular flexibility index (Phi) is 2.13. The summed E-state index contributed by atoms with van der Waals surface area (Å²) >= 11 is 0. The van der Waals surface area contributed by atoms with Crippen molar-refractivity contribution in [1.82, 2.24) is 0 Å². The minimum Gasteiger partial charge on any atom is -0.287 e. The summed E-state index contributed by atoms with van der Waals surface area (Å²) in [4.78, 5) is 25.1. The molecule has 0 radical (unpaired) electrons. The van der Waals surface area contributed by atoms with Crippen LogP contribution in [0.25, 0.3) is 0 Å². The van der Waals surface area contributed by atoms with E-state index in [0.29, 0.717) is 5.56 Å². The lowest BCUT2D eigenvalue weighted by Gasteiger charge is -2.06. The van der Waals surface area contributed by atoms with Crippen molar-refractivity contribution in [3.05, 3.63) is 57.9 Å². The van der Waals surface area contributed by atoms with E-state index in [9.17, 15) is 14.9 Å². The first kappa shape index (κ1) is 9.26. The molecular weight excluding hydrogens is 196 g/mol. The average molecular weight is 202 g/mol. The van der Waals surface area contributed by atoms with Crippen LogP contribution in [0.1, 0.15) is 10.4 Å². The second-order valence-corrected chi connectivity index (χ2v) is 2.94. The smallest absolute Gasteiger partial charge is 0.287 e. The van der Waals surface area contributed by atoms with Gasteiger partial charge in [-0.15, -0.1) is 0 Å². The van der Waals surface area contributed by atoms with E-state index in [1.807, 2.05) is 0 Å². The van der Waals surface area contributed by atoms with Crippen LogP contribution in [0.2, 0.25) is 0 Å². The first-order chi connectivity index (χ1) is 7.20. The standard InChI is InChI=1S/C10H6N2O3/c13-10(7-4-2-1-3-5-7)9-8(6-11-9)12(14)15/h1-6H. The highest BCUT2D eigenvalue weighted by molar-refractivity contribution is 6.52. The van der Waals surface area contributed by atoms with Gasteiger partial charge in [-0.2, -0.15) is 0 Å². The fourth-order valence-corrected chi connectivity index (χ4v) is 1.22. The molecule has 0 saturated carbocycles. The summed E-state index contributed by atoms with van der Waals surface area (Å²) < 4.78 is 0. The molecule has 1 aliphatic heterocycles. The Labute approximate surface area is 84.9 Å². The number of hydrogen-bond donors (Lipinski definition) is 0. The Morgan fingerprint density at radius 3 is 2.40 bits per heavy atom. The molecule has 2 rings (SSSR count). The van der Waals surface area contributed by atoms with Gasteiger partial charge < -0.3 is 0 Å². The van der Waals surface area contributed by atoms with E-state index < -0.39 is 10.7 Å². The summed E-state index contributed by atoms with van der Waals surface area (Å²) in [5, 5.41) is 10.4. The highest BCUT2D eigenvalue weighted by Gasteiger charge is 2.32. The fraction of sp³-hybridized carbons (Fsp3) is 0. The van der Waals surface area contributed by atoms with Crippen LogP contribution < -0.4 is 0 Å². The maximum Gasteiger partial charge on any atom is 0.316 e. The Bertz CT molecular complexity index is 489. The van der Waals surface area contributed by atoms with Crippen LogP contribution in [0.5, 0.6) is 0 Å². The van der Waals surface area contributed by atoms with Gasteiger partial charge >= 0.3 is 5.70 Å². The molecule has 0 atom stereocenters. The van der Waals surface area contributed by atoms with Gasteiger partial charge in [-0.25, -0.2) is 4.99 Å². The molecule has 0 N–H and O–H groups in total. The van der Waals surface area contributed by atoms with Crippen molar-refractivity contribution in [2.45, 2.75) is 0 Å². The molecular formula is C10H6N2O3. The van der Waals surface area contributed by atoms with Crippen molar-refractivity contribution in [2.24, 2.45) is 4.99 Å². The number of allylic oxidation sites excluding steroid dienone is 1. The summed E-state index contributed by atoms with van der Waals surface area (Å²) in [5.41, 5.74) is 0.110. The third-order valence-corrected chi connectivity index (χ3v) is 2.01. The summed E-state index contributed by atoms with van der Waals surface area (Å²) in [5.74, 6) is -0.412. The third kappa shape index (κ3) is 1.54. The molecule has 0 fully saturated rings. The van der Waals surface area contributed by atoms with Crippen LogP contribution in [-0.2, 0) is 0 Å². The quantitative estimate of drug-likeness (QED) is 0.423. The lowest BCUT2D eigenvalue weighted by molar-refractivity contribution is -0.416. The minimum atomic E-state index is -0.608. The van der Waals surface area contributed by atoms with Gasteiger partial charge in [-0.05, 0) is 0 Å². The Balaban J connectivity index is 2.22. The van der Waals surface area contributed by atoms with E-state index in [1.54, 1.807) is 30.3 Å². The zero-order valence-electron chi connectivity index (χ0n) is 7.58. The number of ketones is 1. The first-order valence-electron chi connectivity index (χ1n) is 4.22. The van der Waals surface area contributed by atoms with Crippen LogP contribution in [0.4, 0.5) is 0 Å². The molecule has 0 aliphatic carbocycles. The maximum atomic E-state index is 11.7. The van der Waals surface area contributed by atoms with Crippen molar-refractivity contribution in [2.75, 3.05) is 0 Å². The normalized spacial score (nSPS) is 13.6. The fourth-order valence-electron chi connectivity index (χ4n) is 1.22. The molecule has 0 amide bonds. The van der Waals surface area contributed by atoms with Gasteiger partial charge in [0, 0.05) is 5.56 Å². The Morgan fingerprint density at radius 2 is 1.93 bits per heavy atom. The number of nitro groups is 1. The minimum absolute atomic E-state index is 0.0776. The number of benzene rings is 1. The molecule has 0 bridgehead atoms. The first-order valence-corrected chi connectivity index (χ1v) is 4.22. The van der Waals surface area contributed by atoms with E-state index >= 15 is 0 Å². The number of hydrogen-bond acceptors (Lipinski definition) is 4. The van der Waals surface area contributed by atoms with Crippen molar-refractivity contribution < 1.29 is 9.72 Å². The lowest BCUT2D eigenvalue weighted by Crippen LogP contribution is -2.25. The highest BCUT2D eigenvalue weighted by atomic mass is 16.6. The zero-order valence-corrected chi connectivity index (χ0v) is 7.58. The predicted molar refractivity (Wildman–Crippen MR) is 53.3 cm³/mol. The van der Waals surface area contributed by atoms with Crippen molar-refractivity contribution in [3.8, 4) is 0 Å². The van der Waals surface area contributed by atoms with E-state index in [-0.39, 0.29) is 11.4 Å². The van der Waals surface area contributed by atoms with E-state index in [2.05, 4.69) is 4.99 Å². The molecule has 5 heteroatoms. The number of Topliss-reactive ketones (excluding diaryl/α,β-unsaturated/α-hetero) is 1. The van der Waals surface area contributed by atoms with Gasteiger partial charge in [0.2, 0.25) is 5.78 Å². The van der Waals surface area contributed by atoms with Crippen LogP contribution in [0.3, 0.4) is 0 Å². The summed E-state index contributed by atoms with van der Waals surface area (Å²) in [6.45, 7) is 0. The second kappa shape index (κ2) is 3.45. The van der Waals surface area contributed by atoms with Crippen molar-refractivity contribution >= 4 is 11.5 Å². The van der Waals surface area contributed by atoms with Crippen LogP contribution in [0, 0.1) is 10.1 Å². The third-order valence-electron chi connectivity index (χ3n) is 2.01. The predicted octanol–water partition coefficient (Wildman–Crippen LogP) is 1.44. The average Bonchev–Trinajstić information content (AvgIpc) is 2.16. The molecule has 1 aromatic rings. The maximum absolute atomic E-state index is 11.7. The van der Waals surface area contributed by atoms with E-state index in [1.165, 1.54) is 0 Å². The Morgan fingerprint density at radius 1 is 1.27 bits per heavy atom.